The number of ether oxygens (including phenoxy) is 5. The van der Waals surface area contributed by atoms with Crippen molar-refractivity contribution in [2.45, 2.75) is 32.0 Å². The highest BCUT2D eigenvalue weighted by Crippen LogP contribution is 2.47. The van der Waals surface area contributed by atoms with Gasteiger partial charge in [-0.05, 0) is 24.6 Å². The van der Waals surface area contributed by atoms with Gasteiger partial charge in [0.15, 0.2) is 17.3 Å². The highest BCUT2D eigenvalue weighted by Gasteiger charge is 2.35. The molecule has 0 amide bonds. The molecule has 0 unspecified atom stereocenters. The normalized spacial score (nSPS) is 17.7. The molecule has 30 heavy (non-hydrogen) atoms. The van der Waals surface area contributed by atoms with Crippen molar-refractivity contribution >= 4 is 5.78 Å². The maximum absolute atomic E-state index is 13.1. The molecule has 0 bridgehead atoms. The van der Waals surface area contributed by atoms with Crippen LogP contribution in [0.25, 0.3) is 0 Å². The maximum Gasteiger partial charge on any atom is 0.231 e. The quantitative estimate of drug-likeness (QED) is 0.726. The van der Waals surface area contributed by atoms with Crippen LogP contribution in [0, 0.1) is 0 Å². The van der Waals surface area contributed by atoms with E-state index in [1.807, 2.05) is 12.1 Å². The van der Waals surface area contributed by atoms with Crippen LogP contribution >= 0.6 is 0 Å². The zero-order chi connectivity index (χ0) is 21.4. The number of carbonyl (C=O) groups is 1. The third kappa shape index (κ3) is 3.45. The Hall–Kier alpha value is -3.19. The lowest BCUT2D eigenvalue weighted by Crippen LogP contribution is -2.24. The topological polar surface area (TPSA) is 83.5 Å². The van der Waals surface area contributed by atoms with Gasteiger partial charge in [-0.3, -0.25) is 4.79 Å². The molecule has 2 atom stereocenters. The van der Waals surface area contributed by atoms with Crippen molar-refractivity contribution in [3.8, 4) is 28.7 Å². The van der Waals surface area contributed by atoms with Crippen LogP contribution in [0.2, 0.25) is 0 Å². The molecule has 2 heterocycles. The predicted molar refractivity (Wildman–Crippen MR) is 109 cm³/mol. The first kappa shape index (κ1) is 20.1. The summed E-state index contributed by atoms with van der Waals surface area (Å²) in [7, 11) is 3.02. The third-order valence-corrected chi connectivity index (χ3v) is 5.39. The van der Waals surface area contributed by atoms with E-state index in [4.69, 9.17) is 23.7 Å². The molecule has 0 saturated heterocycles. The fraction of sp³-hybridized carbons (Fsp3) is 0.348. The summed E-state index contributed by atoms with van der Waals surface area (Å²) in [5.41, 5.74) is 2.37. The van der Waals surface area contributed by atoms with Gasteiger partial charge in [0, 0.05) is 18.1 Å². The zero-order valence-corrected chi connectivity index (χ0v) is 17.2. The Bertz CT molecular complexity index is 1010. The van der Waals surface area contributed by atoms with E-state index >= 15 is 0 Å². The summed E-state index contributed by atoms with van der Waals surface area (Å²) >= 11 is 0. The van der Waals surface area contributed by atoms with E-state index in [1.165, 1.54) is 14.2 Å². The molecule has 2 aromatic carbocycles. The van der Waals surface area contributed by atoms with Gasteiger partial charge in [0.05, 0.1) is 26.7 Å². The van der Waals surface area contributed by atoms with Crippen molar-refractivity contribution in [2.24, 2.45) is 0 Å². The second kappa shape index (κ2) is 7.91. The van der Waals surface area contributed by atoms with E-state index < -0.39 is 12.2 Å². The standard InChI is InChI=1S/C23H24O7/c1-12(2)15(24)8-14-19(26-3)10-21(27-4)22-16(25)9-18(30-23(14)22)13-5-6-17-20(7-13)29-11-28-17/h5-7,10,15,18,24H,1,8-9,11H2,2-4H3/t15-,18-/m0/s1. The first-order chi connectivity index (χ1) is 14.4. The van der Waals surface area contributed by atoms with Gasteiger partial charge in [0.2, 0.25) is 6.79 Å². The van der Waals surface area contributed by atoms with Crippen LogP contribution in [0.5, 0.6) is 28.7 Å². The molecule has 2 aliphatic rings. The lowest BCUT2D eigenvalue weighted by atomic mass is 9.91. The number of ketones is 1. The minimum absolute atomic E-state index is 0.107. The van der Waals surface area contributed by atoms with Gasteiger partial charge in [-0.25, -0.2) is 0 Å². The lowest BCUT2D eigenvalue weighted by Gasteiger charge is -2.30. The molecule has 0 aromatic heterocycles. The van der Waals surface area contributed by atoms with Crippen molar-refractivity contribution in [1.82, 2.24) is 0 Å². The zero-order valence-electron chi connectivity index (χ0n) is 17.2. The highest BCUT2D eigenvalue weighted by atomic mass is 16.7. The van der Waals surface area contributed by atoms with Crippen LogP contribution in [0.4, 0.5) is 0 Å². The number of rotatable bonds is 6. The van der Waals surface area contributed by atoms with E-state index in [2.05, 4.69) is 6.58 Å². The Morgan fingerprint density at radius 1 is 1.20 bits per heavy atom. The molecule has 0 spiro atoms. The monoisotopic (exact) mass is 412 g/mol. The summed E-state index contributed by atoms with van der Waals surface area (Å²) < 4.78 is 28.1. The molecule has 7 heteroatoms. The molecule has 0 radical (unpaired) electrons. The van der Waals surface area contributed by atoms with E-state index in [9.17, 15) is 9.90 Å². The summed E-state index contributed by atoms with van der Waals surface area (Å²) in [6.07, 6.45) is -0.970. The summed E-state index contributed by atoms with van der Waals surface area (Å²) in [5, 5.41) is 10.4. The van der Waals surface area contributed by atoms with Gasteiger partial charge in [0.1, 0.15) is 28.9 Å². The molecule has 2 aromatic rings. The van der Waals surface area contributed by atoms with Gasteiger partial charge in [-0.1, -0.05) is 18.2 Å². The molecule has 7 nitrogen and oxygen atoms in total. The van der Waals surface area contributed by atoms with Crippen LogP contribution in [0.15, 0.2) is 36.4 Å². The maximum atomic E-state index is 13.1. The second-order valence-corrected chi connectivity index (χ2v) is 7.38. The first-order valence-electron chi connectivity index (χ1n) is 9.63. The van der Waals surface area contributed by atoms with E-state index in [0.717, 1.165) is 5.56 Å². The van der Waals surface area contributed by atoms with E-state index in [-0.39, 0.29) is 25.4 Å². The second-order valence-electron chi connectivity index (χ2n) is 7.38. The minimum atomic E-state index is -0.805. The molecular formula is C23H24O7. The number of fused-ring (bicyclic) bond motifs is 2. The molecule has 0 fully saturated rings. The number of aliphatic hydroxyl groups excluding tert-OH is 1. The van der Waals surface area contributed by atoms with Gasteiger partial charge >= 0.3 is 0 Å². The fourth-order valence-electron chi connectivity index (χ4n) is 3.70. The summed E-state index contributed by atoms with van der Waals surface area (Å²) in [4.78, 5) is 13.1. The van der Waals surface area contributed by atoms with Gasteiger partial charge < -0.3 is 28.8 Å². The Morgan fingerprint density at radius 3 is 2.63 bits per heavy atom. The number of Topliss-reactive ketones (excluding diaryl/α,β-unsaturated/α-hetero) is 1. The van der Waals surface area contributed by atoms with Crippen molar-refractivity contribution in [3.05, 3.63) is 53.1 Å². The summed E-state index contributed by atoms with van der Waals surface area (Å²) in [6.45, 7) is 5.73. The van der Waals surface area contributed by atoms with Crippen molar-refractivity contribution in [3.63, 3.8) is 0 Å². The van der Waals surface area contributed by atoms with Crippen LogP contribution in [-0.2, 0) is 6.42 Å². The number of carbonyl (C=O) groups excluding carboxylic acids is 1. The van der Waals surface area contributed by atoms with Crippen LogP contribution in [0.3, 0.4) is 0 Å². The molecule has 0 saturated carbocycles. The van der Waals surface area contributed by atoms with Gasteiger partial charge in [-0.2, -0.15) is 0 Å². The number of methoxy groups -OCH3 is 2. The van der Waals surface area contributed by atoms with E-state index in [0.29, 0.717) is 45.4 Å². The average Bonchev–Trinajstić information content (AvgIpc) is 3.21. The molecule has 0 aliphatic carbocycles. The summed E-state index contributed by atoms with van der Waals surface area (Å²) in [5.74, 6) is 2.40. The lowest BCUT2D eigenvalue weighted by molar-refractivity contribution is 0.0838. The third-order valence-electron chi connectivity index (χ3n) is 5.39. The highest BCUT2D eigenvalue weighted by molar-refractivity contribution is 6.03. The smallest absolute Gasteiger partial charge is 0.231 e. The molecular weight excluding hydrogens is 388 g/mol. The number of benzene rings is 2. The molecule has 1 N–H and O–H groups in total. The van der Waals surface area contributed by atoms with E-state index in [1.54, 1.807) is 19.1 Å². The first-order valence-corrected chi connectivity index (χ1v) is 9.63. The molecule has 2 aliphatic heterocycles. The number of aliphatic hydroxyl groups is 1. The average molecular weight is 412 g/mol. The Balaban J connectivity index is 1.79. The van der Waals surface area contributed by atoms with Crippen LogP contribution in [-0.4, -0.2) is 38.0 Å². The Labute approximate surface area is 174 Å². The fourth-order valence-corrected chi connectivity index (χ4v) is 3.70. The molecule has 4 rings (SSSR count). The predicted octanol–water partition coefficient (Wildman–Crippen LogP) is 3.62. The minimum Gasteiger partial charge on any atom is -0.496 e. The van der Waals surface area contributed by atoms with Crippen LogP contribution in [0.1, 0.15) is 40.9 Å². The Morgan fingerprint density at radius 2 is 1.93 bits per heavy atom. The SMILES string of the molecule is C=C(C)[C@@H](O)Cc1c(OC)cc(OC)c2c1O[C@H](c1ccc3c(c1)OCO3)CC2=O. The molecule has 158 valence electrons. The number of hydrogen-bond acceptors (Lipinski definition) is 7. The Kier molecular flexibility index (Phi) is 5.30. The number of hydrogen-bond donors (Lipinski definition) is 1. The van der Waals surface area contributed by atoms with Crippen molar-refractivity contribution < 1.29 is 33.6 Å². The van der Waals surface area contributed by atoms with Crippen molar-refractivity contribution in [1.29, 1.82) is 0 Å². The largest absolute Gasteiger partial charge is 0.496 e. The van der Waals surface area contributed by atoms with Gasteiger partial charge in [-0.15, -0.1) is 0 Å². The van der Waals surface area contributed by atoms with Crippen molar-refractivity contribution in [2.75, 3.05) is 21.0 Å². The van der Waals surface area contributed by atoms with Crippen LogP contribution < -0.4 is 23.7 Å². The summed E-state index contributed by atoms with van der Waals surface area (Å²) in [6, 6.07) is 7.14. The van der Waals surface area contributed by atoms with Gasteiger partial charge in [0.25, 0.3) is 0 Å².